The van der Waals surface area contributed by atoms with Crippen LogP contribution in [-0.2, 0) is 0 Å². The summed E-state index contributed by atoms with van der Waals surface area (Å²) in [6, 6.07) is 4.13. The van der Waals surface area contributed by atoms with E-state index in [0.29, 0.717) is 11.8 Å². The molecule has 1 aliphatic heterocycles. The predicted octanol–water partition coefficient (Wildman–Crippen LogP) is 3.76. The molecule has 2 rings (SSSR count). The summed E-state index contributed by atoms with van der Waals surface area (Å²) in [5.74, 6) is 0.354. The van der Waals surface area contributed by atoms with Gasteiger partial charge in [0.15, 0.2) is 0 Å². The number of aromatic hydroxyl groups is 1. The molecule has 1 aromatic carbocycles. The van der Waals surface area contributed by atoms with Crippen LogP contribution in [0.2, 0.25) is 0 Å². The van der Waals surface area contributed by atoms with Crippen LogP contribution in [0.4, 0.5) is 0 Å². The van der Waals surface area contributed by atoms with Gasteiger partial charge in [0.1, 0.15) is 5.75 Å². The first-order valence-corrected chi connectivity index (χ1v) is 6.18. The Hall–Kier alpha value is 0.230. The summed E-state index contributed by atoms with van der Waals surface area (Å²) in [5, 5.41) is 13.2. The Morgan fingerprint density at radius 2 is 2.07 bits per heavy atom. The van der Waals surface area contributed by atoms with E-state index in [-0.39, 0.29) is 12.4 Å². The Morgan fingerprint density at radius 1 is 1.33 bits per heavy atom. The summed E-state index contributed by atoms with van der Waals surface area (Å²) in [6.07, 6.45) is 2.27. The lowest BCUT2D eigenvalue weighted by atomic mass is 10.0. The highest BCUT2D eigenvalue weighted by atomic mass is 79.9. The molecule has 15 heavy (non-hydrogen) atoms. The lowest BCUT2D eigenvalue weighted by Gasteiger charge is -2.14. The topological polar surface area (TPSA) is 32.3 Å². The van der Waals surface area contributed by atoms with Crippen molar-refractivity contribution in [3.8, 4) is 5.75 Å². The van der Waals surface area contributed by atoms with Gasteiger partial charge in [-0.05, 0) is 47.4 Å². The monoisotopic (exact) mass is 355 g/mol. The second-order valence-electron chi connectivity index (χ2n) is 3.47. The van der Waals surface area contributed by atoms with Crippen molar-refractivity contribution in [3.05, 3.63) is 26.6 Å². The zero-order valence-corrected chi connectivity index (χ0v) is 12.0. The Labute approximate surface area is 112 Å². The molecule has 5 heteroatoms. The fourth-order valence-electron chi connectivity index (χ4n) is 1.80. The smallest absolute Gasteiger partial charge is 0.134 e. The molecular formula is C10H12Br2ClNO. The summed E-state index contributed by atoms with van der Waals surface area (Å²) in [4.78, 5) is 0. The highest BCUT2D eigenvalue weighted by Crippen LogP contribution is 2.37. The van der Waals surface area contributed by atoms with Gasteiger partial charge in [-0.1, -0.05) is 15.9 Å². The maximum atomic E-state index is 9.87. The average molecular weight is 357 g/mol. The molecule has 2 N–H and O–H groups in total. The van der Waals surface area contributed by atoms with Gasteiger partial charge in [-0.25, -0.2) is 0 Å². The number of halogens is 3. The van der Waals surface area contributed by atoms with E-state index in [4.69, 9.17) is 0 Å². The molecule has 1 aromatic rings. The zero-order chi connectivity index (χ0) is 10.1. The van der Waals surface area contributed by atoms with E-state index < -0.39 is 0 Å². The number of rotatable bonds is 1. The first-order valence-electron chi connectivity index (χ1n) is 4.60. The van der Waals surface area contributed by atoms with Crippen molar-refractivity contribution in [3.63, 3.8) is 0 Å². The van der Waals surface area contributed by atoms with Gasteiger partial charge >= 0.3 is 0 Å². The van der Waals surface area contributed by atoms with E-state index in [2.05, 4.69) is 37.2 Å². The SMILES string of the molecule is Cl.Oc1c(Br)cc(Br)cc1[C@H]1CCCN1. The second-order valence-corrected chi connectivity index (χ2v) is 5.24. The van der Waals surface area contributed by atoms with Gasteiger partial charge in [0.05, 0.1) is 4.47 Å². The molecule has 0 saturated carbocycles. The first kappa shape index (κ1) is 13.3. The highest BCUT2D eigenvalue weighted by molar-refractivity contribution is 9.11. The van der Waals surface area contributed by atoms with Crippen LogP contribution in [0.25, 0.3) is 0 Å². The van der Waals surface area contributed by atoms with Crippen LogP contribution >= 0.6 is 44.3 Å². The molecule has 84 valence electrons. The molecule has 0 aliphatic carbocycles. The van der Waals surface area contributed by atoms with Crippen LogP contribution in [0.3, 0.4) is 0 Å². The third kappa shape index (κ3) is 2.87. The van der Waals surface area contributed by atoms with E-state index in [0.717, 1.165) is 27.5 Å². The minimum Gasteiger partial charge on any atom is -0.506 e. The molecule has 1 saturated heterocycles. The molecule has 0 amide bonds. The normalized spacial score (nSPS) is 20.0. The van der Waals surface area contributed by atoms with Gasteiger partial charge in [-0.3, -0.25) is 0 Å². The van der Waals surface area contributed by atoms with E-state index in [1.807, 2.05) is 12.1 Å². The standard InChI is InChI=1S/C10H11Br2NO.ClH/c11-6-4-7(9-2-1-3-13-9)10(14)8(12)5-6;/h4-5,9,13-14H,1-3H2;1H/t9-;/m1./s1. The predicted molar refractivity (Wildman–Crippen MR) is 70.7 cm³/mol. The molecule has 1 atom stereocenters. The van der Waals surface area contributed by atoms with Crippen molar-refractivity contribution in [2.24, 2.45) is 0 Å². The van der Waals surface area contributed by atoms with Crippen LogP contribution in [0, 0.1) is 0 Å². The lowest BCUT2D eigenvalue weighted by Crippen LogP contribution is -2.13. The Kier molecular flexibility index (Phi) is 4.90. The summed E-state index contributed by atoms with van der Waals surface area (Å²) in [5.41, 5.74) is 0.976. The van der Waals surface area contributed by atoms with Crippen LogP contribution in [0.1, 0.15) is 24.4 Å². The minimum absolute atomic E-state index is 0. The van der Waals surface area contributed by atoms with Gasteiger partial charge in [-0.2, -0.15) is 0 Å². The Bertz CT molecular complexity index is 354. The average Bonchev–Trinajstić information content (AvgIpc) is 2.63. The van der Waals surface area contributed by atoms with Gasteiger partial charge in [0.25, 0.3) is 0 Å². The fraction of sp³-hybridized carbons (Fsp3) is 0.400. The second kappa shape index (κ2) is 5.53. The molecule has 0 radical (unpaired) electrons. The minimum atomic E-state index is 0. The molecular weight excluding hydrogens is 345 g/mol. The molecule has 1 fully saturated rings. The molecule has 0 unspecified atom stereocenters. The van der Waals surface area contributed by atoms with Gasteiger partial charge < -0.3 is 10.4 Å². The summed E-state index contributed by atoms with van der Waals surface area (Å²) in [7, 11) is 0. The highest BCUT2D eigenvalue weighted by Gasteiger charge is 2.20. The number of hydrogen-bond donors (Lipinski definition) is 2. The number of nitrogens with one attached hydrogen (secondary N) is 1. The maximum Gasteiger partial charge on any atom is 0.134 e. The zero-order valence-electron chi connectivity index (χ0n) is 7.96. The lowest BCUT2D eigenvalue weighted by molar-refractivity contribution is 0.453. The van der Waals surface area contributed by atoms with Gasteiger partial charge in [0.2, 0.25) is 0 Å². The Balaban J connectivity index is 0.00000112. The van der Waals surface area contributed by atoms with Crippen molar-refractivity contribution in [1.82, 2.24) is 5.32 Å². The molecule has 0 spiro atoms. The molecule has 0 bridgehead atoms. The Morgan fingerprint density at radius 3 is 2.67 bits per heavy atom. The summed E-state index contributed by atoms with van der Waals surface area (Å²) < 4.78 is 1.74. The van der Waals surface area contributed by atoms with E-state index >= 15 is 0 Å². The quantitative estimate of drug-likeness (QED) is 0.802. The molecule has 1 aliphatic rings. The van der Waals surface area contributed by atoms with E-state index in [9.17, 15) is 5.11 Å². The summed E-state index contributed by atoms with van der Waals surface area (Å²) in [6.45, 7) is 1.04. The van der Waals surface area contributed by atoms with Crippen LogP contribution < -0.4 is 5.32 Å². The van der Waals surface area contributed by atoms with Crippen molar-refractivity contribution >= 4 is 44.3 Å². The number of benzene rings is 1. The van der Waals surface area contributed by atoms with Gasteiger partial charge in [0, 0.05) is 16.1 Å². The van der Waals surface area contributed by atoms with Crippen LogP contribution in [0.5, 0.6) is 5.75 Å². The van der Waals surface area contributed by atoms with Crippen molar-refractivity contribution in [2.45, 2.75) is 18.9 Å². The third-order valence-electron chi connectivity index (χ3n) is 2.49. The molecule has 0 aromatic heterocycles. The van der Waals surface area contributed by atoms with E-state index in [1.165, 1.54) is 6.42 Å². The maximum absolute atomic E-state index is 9.87. The number of phenolic OH excluding ortho intramolecular Hbond substituents is 1. The molecule has 2 nitrogen and oxygen atoms in total. The van der Waals surface area contributed by atoms with Gasteiger partial charge in [-0.15, -0.1) is 12.4 Å². The van der Waals surface area contributed by atoms with Crippen LogP contribution in [0.15, 0.2) is 21.1 Å². The fourth-order valence-corrected chi connectivity index (χ4v) is 3.06. The third-order valence-corrected chi connectivity index (χ3v) is 3.56. The number of hydrogen-bond acceptors (Lipinski definition) is 2. The van der Waals surface area contributed by atoms with E-state index in [1.54, 1.807) is 0 Å². The molecule has 1 heterocycles. The van der Waals surface area contributed by atoms with Crippen molar-refractivity contribution in [2.75, 3.05) is 6.54 Å². The summed E-state index contributed by atoms with van der Waals surface area (Å²) >= 11 is 6.76. The van der Waals surface area contributed by atoms with Crippen LogP contribution in [-0.4, -0.2) is 11.7 Å². The number of phenols is 1. The largest absolute Gasteiger partial charge is 0.506 e. The van der Waals surface area contributed by atoms with Crippen molar-refractivity contribution in [1.29, 1.82) is 0 Å². The van der Waals surface area contributed by atoms with Crippen molar-refractivity contribution < 1.29 is 5.11 Å². The first-order chi connectivity index (χ1) is 6.68.